The second-order valence-electron chi connectivity index (χ2n) is 9.22. The lowest BCUT2D eigenvalue weighted by Crippen LogP contribution is -2.40. The third-order valence-electron chi connectivity index (χ3n) is 6.44. The van der Waals surface area contributed by atoms with Crippen molar-refractivity contribution in [2.75, 3.05) is 31.0 Å². The van der Waals surface area contributed by atoms with Crippen molar-refractivity contribution in [3.8, 4) is 5.75 Å². The Bertz CT molecular complexity index is 1320. The van der Waals surface area contributed by atoms with E-state index in [1.807, 2.05) is 31.2 Å². The van der Waals surface area contributed by atoms with E-state index in [9.17, 15) is 13.2 Å². The monoisotopic (exact) mass is 585 g/mol. The summed E-state index contributed by atoms with van der Waals surface area (Å²) in [6.45, 7) is 5.13. The van der Waals surface area contributed by atoms with Gasteiger partial charge < -0.3 is 10.1 Å². The number of aryl methyl sites for hydroxylation is 1. The molecule has 0 spiro atoms. The molecule has 1 heterocycles. The van der Waals surface area contributed by atoms with Crippen LogP contribution < -0.4 is 14.4 Å². The second-order valence-corrected chi connectivity index (χ2v) is 11.9. The third-order valence-corrected chi connectivity index (χ3v) is 8.83. The van der Waals surface area contributed by atoms with Crippen LogP contribution in [0.4, 0.5) is 5.69 Å². The highest BCUT2D eigenvalue weighted by Crippen LogP contribution is 2.30. The van der Waals surface area contributed by atoms with Crippen molar-refractivity contribution in [3.05, 3.63) is 87.9 Å². The first-order chi connectivity index (χ1) is 17.8. The molecule has 1 N–H and O–H groups in total. The Kier molecular flexibility index (Phi) is 8.89. The highest BCUT2D eigenvalue weighted by molar-refractivity contribution is 9.10. The average Bonchev–Trinajstić information content (AvgIpc) is 3.40. The van der Waals surface area contributed by atoms with Crippen LogP contribution in [0, 0.1) is 6.92 Å². The largest absolute Gasteiger partial charge is 0.496 e. The Morgan fingerprint density at radius 3 is 2.27 bits per heavy atom. The van der Waals surface area contributed by atoms with Crippen molar-refractivity contribution < 1.29 is 17.9 Å². The molecule has 1 fully saturated rings. The standard InChI is InChI=1S/C28H32BrN3O4S/c1-21-5-11-24(12-6-21)32(37(34,35)25-13-14-27(36-2)26(29)17-25)20-28(33)30-18-22-7-9-23(10-8-22)19-31-15-3-4-16-31/h5-14,17H,3-4,15-16,18-20H2,1-2H3,(H,30,33). The minimum absolute atomic E-state index is 0.0575. The molecule has 1 amide bonds. The number of hydrogen-bond acceptors (Lipinski definition) is 5. The number of likely N-dealkylation sites (tertiary alicyclic amines) is 1. The first-order valence-electron chi connectivity index (χ1n) is 12.3. The number of methoxy groups -OCH3 is 1. The molecule has 37 heavy (non-hydrogen) atoms. The van der Waals surface area contributed by atoms with E-state index in [-0.39, 0.29) is 11.4 Å². The van der Waals surface area contributed by atoms with Crippen LogP contribution >= 0.6 is 15.9 Å². The number of sulfonamides is 1. The van der Waals surface area contributed by atoms with Crippen LogP contribution in [0.3, 0.4) is 0 Å². The smallest absolute Gasteiger partial charge is 0.264 e. The van der Waals surface area contributed by atoms with E-state index >= 15 is 0 Å². The number of nitrogens with zero attached hydrogens (tertiary/aromatic N) is 2. The van der Waals surface area contributed by atoms with Crippen molar-refractivity contribution >= 4 is 37.5 Å². The van der Waals surface area contributed by atoms with E-state index in [0.717, 1.165) is 35.1 Å². The number of carbonyl (C=O) groups is 1. The molecule has 4 rings (SSSR count). The van der Waals surface area contributed by atoms with Crippen molar-refractivity contribution in [1.29, 1.82) is 0 Å². The second kappa shape index (κ2) is 12.1. The zero-order valence-corrected chi connectivity index (χ0v) is 23.5. The van der Waals surface area contributed by atoms with Gasteiger partial charge in [-0.3, -0.25) is 14.0 Å². The van der Waals surface area contributed by atoms with Gasteiger partial charge in [0.15, 0.2) is 0 Å². The van der Waals surface area contributed by atoms with Crippen molar-refractivity contribution in [2.24, 2.45) is 0 Å². The summed E-state index contributed by atoms with van der Waals surface area (Å²) in [6.07, 6.45) is 2.52. The Morgan fingerprint density at radius 1 is 1.00 bits per heavy atom. The van der Waals surface area contributed by atoms with E-state index in [2.05, 4.69) is 38.3 Å². The Morgan fingerprint density at radius 2 is 1.65 bits per heavy atom. The van der Waals surface area contributed by atoms with Gasteiger partial charge in [-0.05, 0) is 90.2 Å². The van der Waals surface area contributed by atoms with Gasteiger partial charge in [-0.2, -0.15) is 0 Å². The van der Waals surface area contributed by atoms with E-state index in [0.29, 0.717) is 22.5 Å². The highest BCUT2D eigenvalue weighted by Gasteiger charge is 2.28. The maximum absolute atomic E-state index is 13.6. The SMILES string of the molecule is COc1ccc(S(=O)(=O)N(CC(=O)NCc2ccc(CN3CCCC3)cc2)c2ccc(C)cc2)cc1Br. The summed E-state index contributed by atoms with van der Waals surface area (Å²) in [5, 5.41) is 2.87. The minimum Gasteiger partial charge on any atom is -0.496 e. The Balaban J connectivity index is 1.47. The van der Waals surface area contributed by atoms with Gasteiger partial charge in [0.1, 0.15) is 12.3 Å². The van der Waals surface area contributed by atoms with E-state index in [4.69, 9.17) is 4.74 Å². The van der Waals surface area contributed by atoms with Crippen LogP contribution in [-0.2, 0) is 27.9 Å². The van der Waals surface area contributed by atoms with Crippen LogP contribution in [-0.4, -0.2) is 46.0 Å². The summed E-state index contributed by atoms with van der Waals surface area (Å²) in [5.41, 5.74) is 3.62. The Hall–Kier alpha value is -2.88. The predicted octanol–water partition coefficient (Wildman–Crippen LogP) is 4.87. The lowest BCUT2D eigenvalue weighted by atomic mass is 10.1. The lowest BCUT2D eigenvalue weighted by molar-refractivity contribution is -0.119. The first-order valence-corrected chi connectivity index (χ1v) is 14.5. The van der Waals surface area contributed by atoms with Crippen molar-refractivity contribution in [3.63, 3.8) is 0 Å². The van der Waals surface area contributed by atoms with Gasteiger partial charge in [0.25, 0.3) is 10.0 Å². The molecular formula is C28H32BrN3O4S. The third kappa shape index (κ3) is 6.91. The summed E-state index contributed by atoms with van der Waals surface area (Å²) in [7, 11) is -2.52. The summed E-state index contributed by atoms with van der Waals surface area (Å²) in [5.74, 6) is 0.128. The summed E-state index contributed by atoms with van der Waals surface area (Å²) >= 11 is 3.36. The van der Waals surface area contributed by atoms with Gasteiger partial charge in [-0.1, -0.05) is 42.0 Å². The van der Waals surface area contributed by atoms with E-state index < -0.39 is 15.9 Å². The molecule has 0 saturated carbocycles. The fourth-order valence-electron chi connectivity index (χ4n) is 4.31. The average molecular weight is 587 g/mol. The number of carbonyl (C=O) groups excluding carboxylic acids is 1. The Labute approximate surface area is 227 Å². The van der Waals surface area contributed by atoms with E-state index in [1.54, 1.807) is 18.2 Å². The number of benzene rings is 3. The van der Waals surface area contributed by atoms with Crippen molar-refractivity contribution in [2.45, 2.75) is 37.8 Å². The number of anilines is 1. The van der Waals surface area contributed by atoms with Gasteiger partial charge >= 0.3 is 0 Å². The summed E-state index contributed by atoms with van der Waals surface area (Å²) in [4.78, 5) is 15.5. The first kappa shape index (κ1) is 27.2. The molecule has 9 heteroatoms. The number of nitrogens with one attached hydrogen (secondary N) is 1. The number of amides is 1. The molecular weight excluding hydrogens is 554 g/mol. The van der Waals surface area contributed by atoms with Gasteiger partial charge in [0.2, 0.25) is 5.91 Å². The molecule has 1 aliphatic rings. The number of rotatable bonds is 10. The lowest BCUT2D eigenvalue weighted by Gasteiger charge is -2.24. The molecule has 0 unspecified atom stereocenters. The van der Waals surface area contributed by atoms with Gasteiger partial charge in [0.05, 0.1) is 22.2 Å². The fraction of sp³-hybridized carbons (Fsp3) is 0.321. The molecule has 0 aromatic heterocycles. The molecule has 1 saturated heterocycles. The predicted molar refractivity (Wildman–Crippen MR) is 149 cm³/mol. The summed E-state index contributed by atoms with van der Waals surface area (Å²) < 4.78 is 34.2. The molecule has 0 atom stereocenters. The number of ether oxygens (including phenoxy) is 1. The number of hydrogen-bond donors (Lipinski definition) is 1. The van der Waals surface area contributed by atoms with Gasteiger partial charge in [-0.25, -0.2) is 8.42 Å². The number of halogens is 1. The quantitative estimate of drug-likeness (QED) is 0.367. The van der Waals surface area contributed by atoms with Crippen LogP contribution in [0.2, 0.25) is 0 Å². The van der Waals surface area contributed by atoms with Crippen LogP contribution in [0.15, 0.2) is 76.1 Å². The molecule has 0 radical (unpaired) electrons. The summed E-state index contributed by atoms with van der Waals surface area (Å²) in [6, 6.07) is 19.8. The van der Waals surface area contributed by atoms with Gasteiger partial charge in [-0.15, -0.1) is 0 Å². The normalized spacial score (nSPS) is 13.9. The van der Waals surface area contributed by atoms with Gasteiger partial charge in [0, 0.05) is 13.1 Å². The fourth-order valence-corrected chi connectivity index (χ4v) is 6.45. The van der Waals surface area contributed by atoms with Crippen LogP contribution in [0.5, 0.6) is 5.75 Å². The highest BCUT2D eigenvalue weighted by atomic mass is 79.9. The molecule has 0 bridgehead atoms. The molecule has 1 aliphatic heterocycles. The van der Waals surface area contributed by atoms with E-state index in [1.165, 1.54) is 37.6 Å². The molecule has 0 aliphatic carbocycles. The topological polar surface area (TPSA) is 79.0 Å². The van der Waals surface area contributed by atoms with Crippen LogP contribution in [0.1, 0.15) is 29.5 Å². The molecule has 3 aromatic carbocycles. The van der Waals surface area contributed by atoms with Crippen molar-refractivity contribution in [1.82, 2.24) is 10.2 Å². The maximum atomic E-state index is 13.6. The maximum Gasteiger partial charge on any atom is 0.264 e. The zero-order valence-electron chi connectivity index (χ0n) is 21.1. The van der Waals surface area contributed by atoms with Crippen LogP contribution in [0.25, 0.3) is 0 Å². The zero-order chi connectivity index (χ0) is 26.4. The molecule has 196 valence electrons. The minimum atomic E-state index is -4.03. The molecule has 7 nitrogen and oxygen atoms in total. The molecule has 3 aromatic rings.